The van der Waals surface area contributed by atoms with Crippen molar-refractivity contribution in [3.05, 3.63) is 64.7 Å². The predicted molar refractivity (Wildman–Crippen MR) is 142 cm³/mol. The van der Waals surface area contributed by atoms with Crippen LogP contribution >= 0.6 is 11.8 Å². The molecule has 0 spiro atoms. The molecule has 35 heavy (non-hydrogen) atoms. The number of hydrogen-bond donors (Lipinski definition) is 1. The maximum Gasteiger partial charge on any atom is 0.266 e. The third kappa shape index (κ3) is 7.39. The highest BCUT2D eigenvalue weighted by atomic mass is 32.2. The van der Waals surface area contributed by atoms with Crippen molar-refractivity contribution in [2.75, 3.05) is 25.4 Å². The van der Waals surface area contributed by atoms with Crippen molar-refractivity contribution in [1.82, 2.24) is 19.8 Å². The number of para-hydroxylation sites is 2. The topological polar surface area (TPSA) is 67.2 Å². The molecule has 0 aliphatic rings. The van der Waals surface area contributed by atoms with Crippen LogP contribution in [0.3, 0.4) is 0 Å². The number of carbonyl (C=O) groups is 1. The molecule has 1 N–H and O–H groups in total. The summed E-state index contributed by atoms with van der Waals surface area (Å²) in [5, 5.41) is 3.94. The molecular weight excluding hydrogens is 463 g/mol. The van der Waals surface area contributed by atoms with Crippen LogP contribution in [0.1, 0.15) is 46.5 Å². The number of fused-ring (bicyclic) bond motifs is 1. The summed E-state index contributed by atoms with van der Waals surface area (Å²) < 4.78 is 15.9. The molecule has 0 unspecified atom stereocenters. The lowest BCUT2D eigenvalue weighted by atomic mass is 10.1. The summed E-state index contributed by atoms with van der Waals surface area (Å²) in [6, 6.07) is 13.4. The predicted octanol–water partition coefficient (Wildman–Crippen LogP) is 5.02. The van der Waals surface area contributed by atoms with Crippen LogP contribution in [0.2, 0.25) is 0 Å². The second-order valence-corrected chi connectivity index (χ2v) is 9.66. The standard InChI is InChI=1S/C27H35FN4O2S/c1-4-31(5-2)18-10-12-20(3)29-25(33)17-11-19-35-27-30-23-15-8-6-13-21(23)26(34)32(27)24-16-9-7-14-22(24)28/h6-9,13-16,20H,4-5,10-12,17-19H2,1-3H3,(H,29,33)/t20-/m1/s1. The summed E-state index contributed by atoms with van der Waals surface area (Å²) in [6.07, 6.45) is 3.03. The number of hydrogen-bond acceptors (Lipinski definition) is 5. The van der Waals surface area contributed by atoms with Crippen LogP contribution in [0.5, 0.6) is 0 Å². The number of aromatic nitrogens is 2. The van der Waals surface area contributed by atoms with Gasteiger partial charge in [-0.1, -0.05) is 49.9 Å². The van der Waals surface area contributed by atoms with Gasteiger partial charge in [0, 0.05) is 18.2 Å². The number of halogens is 1. The fraction of sp³-hybridized carbons (Fsp3) is 0.444. The Labute approximate surface area is 210 Å². The van der Waals surface area contributed by atoms with Gasteiger partial charge in [-0.3, -0.25) is 14.2 Å². The molecule has 0 radical (unpaired) electrons. The number of amides is 1. The molecule has 3 aromatic rings. The summed E-state index contributed by atoms with van der Waals surface area (Å²) in [5.74, 6) is 0.130. The third-order valence-electron chi connectivity index (χ3n) is 6.03. The number of nitrogens with zero attached hydrogens (tertiary/aromatic N) is 3. The quantitative estimate of drug-likeness (QED) is 0.204. The van der Waals surface area contributed by atoms with Gasteiger partial charge in [0.1, 0.15) is 5.82 Å². The van der Waals surface area contributed by atoms with E-state index in [0.717, 1.165) is 32.5 Å². The number of thioether (sulfide) groups is 1. The molecule has 0 aliphatic carbocycles. The first-order chi connectivity index (χ1) is 16.9. The first kappa shape index (κ1) is 26.9. The molecular formula is C27H35FN4O2S. The molecule has 6 nitrogen and oxygen atoms in total. The number of rotatable bonds is 13. The Morgan fingerprint density at radius 3 is 2.57 bits per heavy atom. The minimum absolute atomic E-state index is 0.0268. The molecule has 2 aromatic carbocycles. The molecule has 1 amide bonds. The highest BCUT2D eigenvalue weighted by Gasteiger charge is 2.16. The Kier molecular flexibility index (Phi) is 10.3. The number of benzene rings is 2. The Bertz CT molecular complexity index is 1180. The lowest BCUT2D eigenvalue weighted by Gasteiger charge is -2.19. The van der Waals surface area contributed by atoms with E-state index in [4.69, 9.17) is 0 Å². The second kappa shape index (κ2) is 13.4. The van der Waals surface area contributed by atoms with Crippen LogP contribution in [0.15, 0.2) is 58.5 Å². The van der Waals surface area contributed by atoms with Crippen molar-refractivity contribution in [3.8, 4) is 5.69 Å². The summed E-state index contributed by atoms with van der Waals surface area (Å²) in [7, 11) is 0. The van der Waals surface area contributed by atoms with Crippen LogP contribution in [0, 0.1) is 5.82 Å². The minimum atomic E-state index is -0.483. The Morgan fingerprint density at radius 1 is 1.11 bits per heavy atom. The highest BCUT2D eigenvalue weighted by Crippen LogP contribution is 2.23. The average molecular weight is 499 g/mol. The van der Waals surface area contributed by atoms with E-state index in [1.807, 2.05) is 13.0 Å². The van der Waals surface area contributed by atoms with Crippen molar-refractivity contribution in [1.29, 1.82) is 0 Å². The van der Waals surface area contributed by atoms with Crippen molar-refractivity contribution in [2.24, 2.45) is 0 Å². The first-order valence-corrected chi connectivity index (χ1v) is 13.3. The van der Waals surface area contributed by atoms with E-state index >= 15 is 0 Å². The molecule has 3 rings (SSSR count). The van der Waals surface area contributed by atoms with Crippen LogP contribution in [-0.4, -0.2) is 51.8 Å². The van der Waals surface area contributed by atoms with Crippen LogP contribution in [0.25, 0.3) is 16.6 Å². The van der Waals surface area contributed by atoms with E-state index in [1.165, 1.54) is 22.4 Å². The van der Waals surface area contributed by atoms with Gasteiger partial charge >= 0.3 is 0 Å². The molecule has 188 valence electrons. The van der Waals surface area contributed by atoms with Gasteiger partial charge in [-0.15, -0.1) is 0 Å². The smallest absolute Gasteiger partial charge is 0.266 e. The fourth-order valence-corrected chi connectivity index (χ4v) is 4.98. The van der Waals surface area contributed by atoms with Crippen molar-refractivity contribution < 1.29 is 9.18 Å². The SMILES string of the molecule is CCN(CC)CCC[C@@H](C)NC(=O)CCCSc1nc2ccccc2c(=O)n1-c1ccccc1F. The number of nitrogens with one attached hydrogen (secondary N) is 1. The van der Waals surface area contributed by atoms with Gasteiger partial charge in [-0.2, -0.15) is 0 Å². The minimum Gasteiger partial charge on any atom is -0.354 e. The van der Waals surface area contributed by atoms with Gasteiger partial charge in [0.2, 0.25) is 5.91 Å². The molecule has 0 saturated heterocycles. The molecule has 0 bridgehead atoms. The van der Waals surface area contributed by atoms with E-state index in [-0.39, 0.29) is 23.2 Å². The monoisotopic (exact) mass is 498 g/mol. The number of carbonyl (C=O) groups excluding carboxylic acids is 1. The van der Waals surface area contributed by atoms with E-state index < -0.39 is 5.82 Å². The maximum atomic E-state index is 14.6. The van der Waals surface area contributed by atoms with E-state index in [0.29, 0.717) is 34.7 Å². The Morgan fingerprint density at radius 2 is 1.83 bits per heavy atom. The zero-order valence-corrected chi connectivity index (χ0v) is 21.6. The molecule has 1 atom stereocenters. The average Bonchev–Trinajstić information content (AvgIpc) is 2.85. The molecule has 1 heterocycles. The first-order valence-electron chi connectivity index (χ1n) is 12.4. The molecule has 0 aliphatic heterocycles. The van der Waals surface area contributed by atoms with Gasteiger partial charge in [0.05, 0.1) is 16.6 Å². The maximum absolute atomic E-state index is 14.6. The zero-order chi connectivity index (χ0) is 25.2. The zero-order valence-electron chi connectivity index (χ0n) is 20.8. The summed E-state index contributed by atoms with van der Waals surface area (Å²) in [6.45, 7) is 9.51. The summed E-state index contributed by atoms with van der Waals surface area (Å²) >= 11 is 1.36. The van der Waals surface area contributed by atoms with Gasteiger partial charge < -0.3 is 10.2 Å². The van der Waals surface area contributed by atoms with Gasteiger partial charge in [0.25, 0.3) is 5.56 Å². The lowest BCUT2D eigenvalue weighted by Crippen LogP contribution is -2.33. The third-order valence-corrected chi connectivity index (χ3v) is 7.06. The molecule has 0 fully saturated rings. The van der Waals surface area contributed by atoms with E-state index in [9.17, 15) is 14.0 Å². The van der Waals surface area contributed by atoms with Crippen molar-refractivity contribution in [3.63, 3.8) is 0 Å². The van der Waals surface area contributed by atoms with Gasteiger partial charge in [-0.05, 0) is 70.1 Å². The van der Waals surface area contributed by atoms with E-state index in [2.05, 4.69) is 29.0 Å². The van der Waals surface area contributed by atoms with Crippen molar-refractivity contribution >= 4 is 28.6 Å². The lowest BCUT2D eigenvalue weighted by molar-refractivity contribution is -0.121. The van der Waals surface area contributed by atoms with Crippen LogP contribution in [0.4, 0.5) is 4.39 Å². The normalized spacial score (nSPS) is 12.3. The summed E-state index contributed by atoms with van der Waals surface area (Å²) in [4.78, 5) is 32.6. The second-order valence-electron chi connectivity index (χ2n) is 8.59. The molecule has 1 aromatic heterocycles. The highest BCUT2D eigenvalue weighted by molar-refractivity contribution is 7.99. The van der Waals surface area contributed by atoms with Gasteiger partial charge in [0.15, 0.2) is 5.16 Å². The van der Waals surface area contributed by atoms with E-state index in [1.54, 1.807) is 36.4 Å². The largest absolute Gasteiger partial charge is 0.354 e. The van der Waals surface area contributed by atoms with Crippen LogP contribution in [-0.2, 0) is 4.79 Å². The van der Waals surface area contributed by atoms with Crippen molar-refractivity contribution in [2.45, 2.75) is 57.7 Å². The summed E-state index contributed by atoms with van der Waals surface area (Å²) in [5.41, 5.74) is 0.442. The fourth-order valence-electron chi connectivity index (χ4n) is 4.03. The Balaban J connectivity index is 1.59. The van der Waals surface area contributed by atoms with Gasteiger partial charge in [-0.25, -0.2) is 9.37 Å². The van der Waals surface area contributed by atoms with Crippen LogP contribution < -0.4 is 10.9 Å². The Hall–Kier alpha value is -2.71. The molecule has 0 saturated carbocycles. The molecule has 8 heteroatoms.